The smallest absolute Gasteiger partial charge is 0.240 e. The Kier molecular flexibility index (Phi) is 5.78. The summed E-state index contributed by atoms with van der Waals surface area (Å²) in [6.07, 6.45) is 0. The number of nitrogens with one attached hydrogen (secondary N) is 1. The van der Waals surface area contributed by atoms with Gasteiger partial charge in [0.2, 0.25) is 11.8 Å². The van der Waals surface area contributed by atoms with Gasteiger partial charge in [-0.25, -0.2) is 0 Å². The largest absolute Gasteiger partial charge is 0.495 e. The number of hydrogen-bond acceptors (Lipinski definition) is 6. The van der Waals surface area contributed by atoms with Crippen molar-refractivity contribution in [1.82, 2.24) is 10.1 Å². The fourth-order valence-electron chi connectivity index (χ4n) is 3.04. The van der Waals surface area contributed by atoms with Crippen LogP contribution in [0.5, 0.6) is 5.75 Å². The molecular weight excluding hydrogens is 332 g/mol. The summed E-state index contributed by atoms with van der Waals surface area (Å²) in [5.74, 6) is 1.48. The van der Waals surface area contributed by atoms with Crippen LogP contribution in [-0.2, 0) is 4.79 Å². The molecular formula is C19H26N4O3. The Morgan fingerprint density at radius 1 is 1.27 bits per heavy atom. The van der Waals surface area contributed by atoms with E-state index in [0.29, 0.717) is 12.4 Å². The highest BCUT2D eigenvalue weighted by Gasteiger charge is 2.21. The van der Waals surface area contributed by atoms with Crippen LogP contribution in [0.4, 0.5) is 11.6 Å². The van der Waals surface area contributed by atoms with E-state index < -0.39 is 0 Å². The summed E-state index contributed by atoms with van der Waals surface area (Å²) >= 11 is 0. The van der Waals surface area contributed by atoms with Gasteiger partial charge in [0, 0.05) is 32.2 Å². The average Bonchev–Trinajstić information content (AvgIpc) is 3.11. The molecule has 1 aliphatic rings. The lowest BCUT2D eigenvalue weighted by Crippen LogP contribution is -2.48. The highest BCUT2D eigenvalue weighted by Crippen LogP contribution is 2.28. The third-order valence-electron chi connectivity index (χ3n) is 4.55. The van der Waals surface area contributed by atoms with Crippen LogP contribution in [-0.4, -0.2) is 55.8 Å². The molecule has 7 heteroatoms. The first-order valence-corrected chi connectivity index (χ1v) is 8.93. The number of methoxy groups -OCH3 is 1. The minimum atomic E-state index is -0.0813. The average molecular weight is 358 g/mol. The Bertz CT molecular complexity index is 736. The van der Waals surface area contributed by atoms with Crippen LogP contribution in [0.3, 0.4) is 0 Å². The van der Waals surface area contributed by atoms with E-state index in [1.807, 2.05) is 32.0 Å². The molecule has 0 atom stereocenters. The van der Waals surface area contributed by atoms with Gasteiger partial charge in [-0.1, -0.05) is 31.1 Å². The molecule has 3 rings (SSSR count). The summed E-state index contributed by atoms with van der Waals surface area (Å²) in [5.41, 5.74) is 1.94. The van der Waals surface area contributed by atoms with E-state index in [1.54, 1.807) is 13.2 Å². The molecule has 0 radical (unpaired) electrons. The lowest BCUT2D eigenvalue weighted by Gasteiger charge is -2.36. The van der Waals surface area contributed by atoms with E-state index in [4.69, 9.17) is 9.26 Å². The van der Waals surface area contributed by atoms with Gasteiger partial charge in [-0.3, -0.25) is 15.0 Å². The van der Waals surface area contributed by atoms with E-state index >= 15 is 0 Å². The third kappa shape index (κ3) is 4.35. The van der Waals surface area contributed by atoms with Crippen molar-refractivity contribution in [3.05, 3.63) is 36.0 Å². The van der Waals surface area contributed by atoms with Crippen LogP contribution in [0.15, 0.2) is 34.9 Å². The summed E-state index contributed by atoms with van der Waals surface area (Å²) in [7, 11) is 1.69. The highest BCUT2D eigenvalue weighted by atomic mass is 16.5. The number of amides is 1. The second-order valence-corrected chi connectivity index (χ2v) is 6.75. The molecule has 26 heavy (non-hydrogen) atoms. The van der Waals surface area contributed by atoms with E-state index in [2.05, 4.69) is 26.3 Å². The standard InChI is InChI=1S/C19H26N4O3/c1-14(2)15-12-19(26-21-15)20-18(24)13-22-8-10-23(11-9-22)16-6-4-5-7-17(16)25-3/h4-7,12,14H,8-11,13H2,1-3H3,(H,20,24). The maximum absolute atomic E-state index is 12.2. The molecule has 2 aromatic rings. The number of carbonyl (C=O) groups is 1. The molecule has 1 aromatic heterocycles. The number of aromatic nitrogens is 1. The first kappa shape index (κ1) is 18.3. The molecule has 1 N–H and O–H groups in total. The molecule has 0 bridgehead atoms. The predicted octanol–water partition coefficient (Wildman–Crippen LogP) is 2.57. The normalized spacial score (nSPS) is 15.3. The molecule has 7 nitrogen and oxygen atoms in total. The molecule has 140 valence electrons. The van der Waals surface area contributed by atoms with E-state index in [9.17, 15) is 4.79 Å². The lowest BCUT2D eigenvalue weighted by molar-refractivity contribution is -0.117. The van der Waals surface area contributed by atoms with Crippen LogP contribution >= 0.6 is 0 Å². The second kappa shape index (κ2) is 8.23. The summed E-state index contributed by atoms with van der Waals surface area (Å²) < 4.78 is 10.6. The second-order valence-electron chi connectivity index (χ2n) is 6.75. The maximum atomic E-state index is 12.2. The van der Waals surface area contributed by atoms with Crippen molar-refractivity contribution in [3.8, 4) is 5.75 Å². The first-order valence-electron chi connectivity index (χ1n) is 8.93. The molecule has 0 aliphatic carbocycles. The van der Waals surface area contributed by atoms with Gasteiger partial charge in [0.25, 0.3) is 0 Å². The molecule has 1 aliphatic heterocycles. The Balaban J connectivity index is 1.49. The molecule has 1 saturated heterocycles. The monoisotopic (exact) mass is 358 g/mol. The van der Waals surface area contributed by atoms with Crippen molar-refractivity contribution in [3.63, 3.8) is 0 Å². The summed E-state index contributed by atoms with van der Waals surface area (Å²) in [5, 5.41) is 6.74. The van der Waals surface area contributed by atoms with E-state index in [1.165, 1.54) is 0 Å². The van der Waals surface area contributed by atoms with Gasteiger partial charge in [0.1, 0.15) is 5.75 Å². The van der Waals surface area contributed by atoms with Crippen LogP contribution in [0.25, 0.3) is 0 Å². The molecule has 1 aromatic carbocycles. The van der Waals surface area contributed by atoms with Gasteiger partial charge >= 0.3 is 0 Å². The van der Waals surface area contributed by atoms with Crippen LogP contribution < -0.4 is 15.0 Å². The highest BCUT2D eigenvalue weighted by molar-refractivity contribution is 5.91. The molecule has 1 fully saturated rings. The van der Waals surface area contributed by atoms with Crippen molar-refractivity contribution in [2.45, 2.75) is 19.8 Å². The number of ether oxygens (including phenoxy) is 1. The van der Waals surface area contributed by atoms with Crippen molar-refractivity contribution in [2.24, 2.45) is 0 Å². The van der Waals surface area contributed by atoms with Gasteiger partial charge in [0.05, 0.1) is 25.0 Å². The number of piperazine rings is 1. The minimum Gasteiger partial charge on any atom is -0.495 e. The van der Waals surface area contributed by atoms with Crippen molar-refractivity contribution in [2.75, 3.05) is 50.1 Å². The Morgan fingerprint density at radius 2 is 2.00 bits per heavy atom. The Morgan fingerprint density at radius 3 is 2.65 bits per heavy atom. The fourth-order valence-corrected chi connectivity index (χ4v) is 3.04. The quantitative estimate of drug-likeness (QED) is 0.856. The Hall–Kier alpha value is -2.54. The van der Waals surface area contributed by atoms with Gasteiger partial charge in [-0.2, -0.15) is 0 Å². The van der Waals surface area contributed by atoms with Gasteiger partial charge in [-0.05, 0) is 18.1 Å². The van der Waals surface area contributed by atoms with Crippen molar-refractivity contribution in [1.29, 1.82) is 0 Å². The zero-order valence-corrected chi connectivity index (χ0v) is 15.6. The summed E-state index contributed by atoms with van der Waals surface area (Å²) in [4.78, 5) is 16.7. The van der Waals surface area contributed by atoms with Gasteiger partial charge in [-0.15, -0.1) is 0 Å². The minimum absolute atomic E-state index is 0.0813. The zero-order valence-electron chi connectivity index (χ0n) is 15.6. The predicted molar refractivity (Wildman–Crippen MR) is 101 cm³/mol. The summed E-state index contributed by atoms with van der Waals surface area (Å²) in [6.45, 7) is 7.76. The number of hydrogen-bond donors (Lipinski definition) is 1. The van der Waals surface area contributed by atoms with Gasteiger partial charge < -0.3 is 14.2 Å². The SMILES string of the molecule is COc1ccccc1N1CCN(CC(=O)Nc2cc(C(C)C)no2)CC1. The van der Waals surface area contributed by atoms with Crippen LogP contribution in [0.2, 0.25) is 0 Å². The van der Waals surface area contributed by atoms with Gasteiger partial charge in [0.15, 0.2) is 0 Å². The number of carbonyl (C=O) groups excluding carboxylic acids is 1. The van der Waals surface area contributed by atoms with Crippen molar-refractivity contribution < 1.29 is 14.1 Å². The van der Waals surface area contributed by atoms with Crippen LogP contribution in [0.1, 0.15) is 25.5 Å². The van der Waals surface area contributed by atoms with E-state index in [-0.39, 0.29) is 11.8 Å². The maximum Gasteiger partial charge on any atom is 0.240 e. The number of rotatable bonds is 6. The number of nitrogens with zero attached hydrogens (tertiary/aromatic N) is 3. The van der Waals surface area contributed by atoms with Crippen molar-refractivity contribution >= 4 is 17.5 Å². The number of benzene rings is 1. The number of para-hydroxylation sites is 2. The molecule has 2 heterocycles. The fraction of sp³-hybridized carbons (Fsp3) is 0.474. The van der Waals surface area contributed by atoms with E-state index in [0.717, 1.165) is 43.3 Å². The zero-order chi connectivity index (χ0) is 18.5. The van der Waals surface area contributed by atoms with Crippen LogP contribution in [0, 0.1) is 0 Å². The third-order valence-corrected chi connectivity index (χ3v) is 4.55. The Labute approximate surface area is 153 Å². The first-order chi connectivity index (χ1) is 12.6. The molecule has 0 unspecified atom stereocenters. The molecule has 1 amide bonds. The molecule has 0 saturated carbocycles. The molecule has 0 spiro atoms. The summed E-state index contributed by atoms with van der Waals surface area (Å²) in [6, 6.07) is 9.80. The number of anilines is 2. The topological polar surface area (TPSA) is 70.8 Å². The lowest BCUT2D eigenvalue weighted by atomic mass is 10.1.